The molecule has 2 heterocycles. The van der Waals surface area contributed by atoms with E-state index in [0.717, 1.165) is 41.7 Å². The lowest BCUT2D eigenvalue weighted by atomic mass is 9.94. The topological polar surface area (TPSA) is 215 Å². The standard InChI is InChI=1S/C25H31F4NO16/c1-8(31)39-7-13-15(40-9(2)32)16(41-10(3)33)14(30-24(37)25(27,28)29)23(44-13)46-18-17(42-11(4)34)19(43-12(5)35)21(26)45-20(18)22(36)38-6/h13-21,23H,7H2,1-6H3,(H,30,37)/t13-,14-,15-,16-,17+,18+,19-,20+,21+,23-/m1/s1. The van der Waals surface area contributed by atoms with Gasteiger partial charge in [-0.05, 0) is 0 Å². The number of methoxy groups -OCH3 is 1. The molecule has 0 aliphatic carbocycles. The molecule has 0 bridgehead atoms. The summed E-state index contributed by atoms with van der Waals surface area (Å²) in [6.07, 6.45) is -24.8. The van der Waals surface area contributed by atoms with Crippen LogP contribution in [0.15, 0.2) is 0 Å². The highest BCUT2D eigenvalue weighted by Crippen LogP contribution is 2.35. The average Bonchev–Trinajstić information content (AvgIpc) is 2.91. The minimum atomic E-state index is -5.57. The van der Waals surface area contributed by atoms with Gasteiger partial charge in [0.2, 0.25) is 6.36 Å². The van der Waals surface area contributed by atoms with Crippen molar-refractivity contribution >= 4 is 41.7 Å². The number of carbonyl (C=O) groups is 7. The number of ether oxygens (including phenoxy) is 9. The Bertz CT molecular complexity index is 1180. The Balaban J connectivity index is 2.77. The monoisotopic (exact) mass is 677 g/mol. The van der Waals surface area contributed by atoms with Gasteiger partial charge in [0.25, 0.3) is 0 Å². The van der Waals surface area contributed by atoms with E-state index < -0.39 is 116 Å². The first-order chi connectivity index (χ1) is 21.3. The van der Waals surface area contributed by atoms with Gasteiger partial charge in [0, 0.05) is 34.6 Å². The first-order valence-electron chi connectivity index (χ1n) is 13.1. The van der Waals surface area contributed by atoms with Crippen LogP contribution in [0.1, 0.15) is 34.6 Å². The van der Waals surface area contributed by atoms with Gasteiger partial charge in [-0.15, -0.1) is 0 Å². The third-order valence-electron chi connectivity index (χ3n) is 6.07. The molecule has 0 unspecified atom stereocenters. The molecule has 0 aromatic heterocycles. The summed E-state index contributed by atoms with van der Waals surface area (Å²) in [5, 5.41) is 1.49. The Kier molecular flexibility index (Phi) is 13.2. The fraction of sp³-hybridized carbons (Fsp3) is 0.720. The van der Waals surface area contributed by atoms with Gasteiger partial charge in [0.05, 0.1) is 7.11 Å². The number of hydrogen-bond donors (Lipinski definition) is 1. The van der Waals surface area contributed by atoms with Gasteiger partial charge in [0.1, 0.15) is 24.9 Å². The smallest absolute Gasteiger partial charge is 0.467 e. The van der Waals surface area contributed by atoms with Gasteiger partial charge in [-0.3, -0.25) is 28.8 Å². The van der Waals surface area contributed by atoms with Crippen LogP contribution in [-0.4, -0.2) is 123 Å². The van der Waals surface area contributed by atoms with E-state index >= 15 is 4.39 Å². The Morgan fingerprint density at radius 1 is 0.696 bits per heavy atom. The SMILES string of the molecule is COC(=O)[C@H]1O[C@H](F)[C@H](OC(C)=O)[C@@H](OC(C)=O)[C@@H]1O[C@H]1O[C@H](COC(C)=O)[C@@H](OC(C)=O)[C@H](OC(C)=O)[C@H]1NC(=O)C(F)(F)F. The third-order valence-corrected chi connectivity index (χ3v) is 6.07. The molecule has 46 heavy (non-hydrogen) atoms. The summed E-state index contributed by atoms with van der Waals surface area (Å²) >= 11 is 0. The van der Waals surface area contributed by atoms with Crippen molar-refractivity contribution < 1.29 is 93.8 Å². The molecule has 0 aromatic rings. The molecule has 1 amide bonds. The zero-order chi connectivity index (χ0) is 35.1. The molecule has 260 valence electrons. The maximum absolute atomic E-state index is 15.1. The number of carbonyl (C=O) groups excluding carboxylic acids is 7. The van der Waals surface area contributed by atoms with Crippen LogP contribution in [0, 0.1) is 0 Å². The number of amides is 1. The van der Waals surface area contributed by atoms with E-state index in [1.165, 1.54) is 5.32 Å². The average molecular weight is 678 g/mol. The van der Waals surface area contributed by atoms with Crippen LogP contribution >= 0.6 is 0 Å². The normalized spacial score (nSPS) is 31.0. The summed E-state index contributed by atoms with van der Waals surface area (Å²) in [5.41, 5.74) is 0. The molecule has 0 radical (unpaired) electrons. The Labute approximate surface area is 257 Å². The second-order valence-corrected chi connectivity index (χ2v) is 9.67. The van der Waals surface area contributed by atoms with Crippen molar-refractivity contribution in [1.82, 2.24) is 5.32 Å². The zero-order valence-electron chi connectivity index (χ0n) is 25.0. The van der Waals surface area contributed by atoms with E-state index in [-0.39, 0.29) is 0 Å². The van der Waals surface area contributed by atoms with E-state index in [0.29, 0.717) is 0 Å². The molecule has 1 N–H and O–H groups in total. The van der Waals surface area contributed by atoms with Gasteiger partial charge in [0.15, 0.2) is 36.8 Å². The van der Waals surface area contributed by atoms with Crippen molar-refractivity contribution in [2.75, 3.05) is 13.7 Å². The summed E-state index contributed by atoms with van der Waals surface area (Å²) in [5.74, 6) is -9.49. The number of rotatable bonds is 10. The van der Waals surface area contributed by atoms with Crippen molar-refractivity contribution in [2.24, 2.45) is 0 Å². The van der Waals surface area contributed by atoms with Crippen LogP contribution in [0.2, 0.25) is 0 Å². The van der Waals surface area contributed by atoms with Crippen LogP contribution < -0.4 is 5.32 Å². The molecule has 0 spiro atoms. The molecule has 17 nitrogen and oxygen atoms in total. The fourth-order valence-corrected chi connectivity index (χ4v) is 4.46. The summed E-state index contributed by atoms with van der Waals surface area (Å²) < 4.78 is 101. The van der Waals surface area contributed by atoms with Crippen molar-refractivity contribution in [1.29, 1.82) is 0 Å². The Morgan fingerprint density at radius 3 is 1.67 bits per heavy atom. The summed E-state index contributed by atoms with van der Waals surface area (Å²) in [6, 6.07) is -2.28. The number of nitrogens with one attached hydrogen (secondary N) is 1. The maximum atomic E-state index is 15.1. The Morgan fingerprint density at radius 2 is 1.20 bits per heavy atom. The number of alkyl halides is 4. The molecular weight excluding hydrogens is 646 g/mol. The molecule has 2 fully saturated rings. The number of halogens is 4. The van der Waals surface area contributed by atoms with Gasteiger partial charge >= 0.3 is 47.9 Å². The van der Waals surface area contributed by atoms with E-state index in [1.54, 1.807) is 0 Å². The van der Waals surface area contributed by atoms with E-state index in [9.17, 15) is 46.7 Å². The highest BCUT2D eigenvalue weighted by molar-refractivity contribution is 5.82. The minimum absolute atomic E-state index is 0.809. The molecule has 2 aliphatic rings. The van der Waals surface area contributed by atoms with Crippen LogP contribution in [0.3, 0.4) is 0 Å². The predicted octanol–water partition coefficient (Wildman–Crippen LogP) is -0.699. The molecule has 2 saturated heterocycles. The molecule has 10 atom stereocenters. The third kappa shape index (κ3) is 10.2. The van der Waals surface area contributed by atoms with Gasteiger partial charge in [-0.25, -0.2) is 9.18 Å². The zero-order valence-corrected chi connectivity index (χ0v) is 25.0. The second-order valence-electron chi connectivity index (χ2n) is 9.67. The lowest BCUT2D eigenvalue weighted by molar-refractivity contribution is -0.331. The largest absolute Gasteiger partial charge is 0.471 e. The van der Waals surface area contributed by atoms with Gasteiger partial charge in [-0.1, -0.05) is 0 Å². The quantitative estimate of drug-likeness (QED) is 0.172. The first-order valence-corrected chi connectivity index (χ1v) is 13.1. The number of hydrogen-bond acceptors (Lipinski definition) is 16. The minimum Gasteiger partial charge on any atom is -0.467 e. The van der Waals surface area contributed by atoms with Crippen molar-refractivity contribution in [3.8, 4) is 0 Å². The molecule has 0 aromatic carbocycles. The first kappa shape index (κ1) is 38.1. The highest BCUT2D eigenvalue weighted by Gasteiger charge is 2.59. The molecular formula is C25H31F4NO16. The summed E-state index contributed by atoms with van der Waals surface area (Å²) in [4.78, 5) is 84.1. The molecule has 0 saturated carbocycles. The summed E-state index contributed by atoms with van der Waals surface area (Å²) in [7, 11) is 0.827. The maximum Gasteiger partial charge on any atom is 0.471 e. The van der Waals surface area contributed by atoms with Crippen molar-refractivity contribution in [3.63, 3.8) is 0 Å². The van der Waals surface area contributed by atoms with Crippen molar-refractivity contribution in [2.45, 2.75) is 102 Å². The number of esters is 6. The van der Waals surface area contributed by atoms with Crippen LogP contribution in [0.25, 0.3) is 0 Å². The predicted molar refractivity (Wildman–Crippen MR) is 132 cm³/mol. The van der Waals surface area contributed by atoms with Crippen LogP contribution in [0.5, 0.6) is 0 Å². The van der Waals surface area contributed by atoms with E-state index in [2.05, 4.69) is 4.74 Å². The van der Waals surface area contributed by atoms with Gasteiger partial charge < -0.3 is 47.9 Å². The summed E-state index contributed by atoms with van der Waals surface area (Å²) in [6.45, 7) is 3.49. The van der Waals surface area contributed by atoms with E-state index in [4.69, 9.17) is 37.9 Å². The Hall–Kier alpha value is -4.11. The molecule has 21 heteroatoms. The van der Waals surface area contributed by atoms with Crippen LogP contribution in [-0.2, 0) is 76.2 Å². The van der Waals surface area contributed by atoms with Crippen molar-refractivity contribution in [3.05, 3.63) is 0 Å². The van der Waals surface area contributed by atoms with Crippen LogP contribution in [0.4, 0.5) is 17.6 Å². The van der Waals surface area contributed by atoms with Gasteiger partial charge in [-0.2, -0.15) is 13.2 Å². The lowest BCUT2D eigenvalue weighted by Crippen LogP contribution is -2.70. The molecule has 2 aliphatic heterocycles. The lowest BCUT2D eigenvalue weighted by Gasteiger charge is -2.48. The highest BCUT2D eigenvalue weighted by atomic mass is 19.4. The second kappa shape index (κ2) is 15.9. The molecule has 2 rings (SSSR count). The fourth-order valence-electron chi connectivity index (χ4n) is 4.46. The van der Waals surface area contributed by atoms with E-state index in [1.807, 2.05) is 0 Å².